The lowest BCUT2D eigenvalue weighted by molar-refractivity contribution is 0.268. The number of nitrogens with zero attached hydrogens (tertiary/aromatic N) is 1. The van der Waals surface area contributed by atoms with E-state index in [2.05, 4.69) is 6.07 Å². The summed E-state index contributed by atoms with van der Waals surface area (Å²) >= 11 is 1.87. The van der Waals surface area contributed by atoms with Gasteiger partial charge in [-0.25, -0.2) is 0 Å². The molecule has 0 saturated heterocycles. The third-order valence-corrected chi connectivity index (χ3v) is 4.80. The quantitative estimate of drug-likeness (QED) is 0.909. The average molecular weight is 300 g/mol. The zero-order valence-electron chi connectivity index (χ0n) is 11.8. The number of nitriles is 1. The van der Waals surface area contributed by atoms with Crippen molar-refractivity contribution in [2.24, 2.45) is 5.73 Å². The summed E-state index contributed by atoms with van der Waals surface area (Å²) in [7, 11) is 1.64. The molecule has 0 aliphatic carbocycles. The maximum absolute atomic E-state index is 9.46. The molecule has 0 fully saturated rings. The first-order valence-corrected chi connectivity index (χ1v) is 7.91. The highest BCUT2D eigenvalue weighted by Crippen LogP contribution is 2.43. The van der Waals surface area contributed by atoms with Crippen molar-refractivity contribution >= 4 is 11.8 Å². The van der Waals surface area contributed by atoms with Gasteiger partial charge >= 0.3 is 0 Å². The minimum absolute atomic E-state index is 0.0996. The Hall–Kier alpha value is -2.06. The van der Waals surface area contributed by atoms with Crippen molar-refractivity contribution < 1.29 is 9.47 Å². The predicted octanol–water partition coefficient (Wildman–Crippen LogP) is 2.89. The van der Waals surface area contributed by atoms with E-state index in [4.69, 9.17) is 15.2 Å². The second kappa shape index (κ2) is 5.74. The Morgan fingerprint density at radius 2 is 2.14 bits per heavy atom. The first-order valence-electron chi connectivity index (χ1n) is 6.75. The molecular weight excluding hydrogens is 284 g/mol. The van der Waals surface area contributed by atoms with Gasteiger partial charge in [-0.2, -0.15) is 17.0 Å². The number of hydrogen-bond acceptors (Lipinski definition) is 5. The summed E-state index contributed by atoms with van der Waals surface area (Å²) in [6, 6.07) is 10.0. The standard InChI is InChI=1S/C16H16N2O2S/c1-19-11-4-2-10(3-5-11)15-12(8-17)16(18)20-14-6-7-21-9-13(14)15/h2-5,15H,6-7,9,18H2,1H3. The van der Waals surface area contributed by atoms with Crippen molar-refractivity contribution in [1.82, 2.24) is 0 Å². The first-order chi connectivity index (χ1) is 10.2. The van der Waals surface area contributed by atoms with Gasteiger partial charge in [0.2, 0.25) is 5.88 Å². The van der Waals surface area contributed by atoms with Crippen molar-refractivity contribution in [3.63, 3.8) is 0 Å². The van der Waals surface area contributed by atoms with Gasteiger partial charge in [0.15, 0.2) is 0 Å². The van der Waals surface area contributed by atoms with Crippen LogP contribution in [0.5, 0.6) is 5.75 Å². The number of allylic oxidation sites excluding steroid dienone is 2. The van der Waals surface area contributed by atoms with Crippen LogP contribution in [-0.4, -0.2) is 18.6 Å². The largest absolute Gasteiger partial charge is 0.497 e. The number of ether oxygens (including phenoxy) is 2. The minimum atomic E-state index is -0.0996. The summed E-state index contributed by atoms with van der Waals surface area (Å²) in [5.74, 6) is 3.79. The van der Waals surface area contributed by atoms with E-state index in [1.807, 2.05) is 36.0 Å². The molecule has 0 bridgehead atoms. The van der Waals surface area contributed by atoms with Gasteiger partial charge in [-0.05, 0) is 23.3 Å². The zero-order chi connectivity index (χ0) is 14.8. The van der Waals surface area contributed by atoms with Crippen LogP contribution in [0.2, 0.25) is 0 Å². The van der Waals surface area contributed by atoms with Crippen LogP contribution in [0.1, 0.15) is 17.9 Å². The molecule has 0 saturated carbocycles. The molecule has 1 aromatic carbocycles. The summed E-state index contributed by atoms with van der Waals surface area (Å²) in [5, 5.41) is 9.46. The highest BCUT2D eigenvalue weighted by Gasteiger charge is 2.33. The van der Waals surface area contributed by atoms with Crippen molar-refractivity contribution in [1.29, 1.82) is 5.26 Å². The van der Waals surface area contributed by atoms with Crippen LogP contribution >= 0.6 is 11.8 Å². The summed E-state index contributed by atoms with van der Waals surface area (Å²) in [5.41, 5.74) is 8.67. The maximum atomic E-state index is 9.46. The van der Waals surface area contributed by atoms with Gasteiger partial charge in [0, 0.05) is 23.8 Å². The molecule has 0 radical (unpaired) electrons. The molecule has 4 nitrogen and oxygen atoms in total. The van der Waals surface area contributed by atoms with E-state index >= 15 is 0 Å². The summed E-state index contributed by atoms with van der Waals surface area (Å²) in [4.78, 5) is 0. The van der Waals surface area contributed by atoms with Crippen molar-refractivity contribution in [2.75, 3.05) is 18.6 Å². The molecule has 2 aliphatic rings. The molecule has 2 N–H and O–H groups in total. The van der Waals surface area contributed by atoms with Crippen molar-refractivity contribution in [2.45, 2.75) is 12.3 Å². The Labute approximate surface area is 128 Å². The molecule has 1 atom stereocenters. The molecule has 0 spiro atoms. The van der Waals surface area contributed by atoms with E-state index in [0.29, 0.717) is 5.57 Å². The first kappa shape index (κ1) is 13.9. The number of methoxy groups -OCH3 is 1. The fraction of sp³-hybridized carbons (Fsp3) is 0.312. The minimum Gasteiger partial charge on any atom is -0.497 e. The summed E-state index contributed by atoms with van der Waals surface area (Å²) in [6.45, 7) is 0. The van der Waals surface area contributed by atoms with Crippen LogP contribution in [0, 0.1) is 11.3 Å². The van der Waals surface area contributed by atoms with Gasteiger partial charge in [0.25, 0.3) is 0 Å². The molecule has 3 rings (SSSR count). The average Bonchev–Trinajstić information content (AvgIpc) is 2.53. The normalized spacial score (nSPS) is 21.4. The van der Waals surface area contributed by atoms with Gasteiger partial charge in [-0.3, -0.25) is 0 Å². The molecule has 0 aromatic heterocycles. The molecule has 21 heavy (non-hydrogen) atoms. The monoisotopic (exact) mass is 300 g/mol. The van der Waals surface area contributed by atoms with Crippen LogP contribution in [0.25, 0.3) is 0 Å². The topological polar surface area (TPSA) is 68.3 Å². The van der Waals surface area contributed by atoms with Crippen LogP contribution in [0.3, 0.4) is 0 Å². The Bertz CT molecular complexity index is 656. The van der Waals surface area contributed by atoms with E-state index in [1.54, 1.807) is 7.11 Å². The molecule has 5 heteroatoms. The van der Waals surface area contributed by atoms with Gasteiger partial charge in [-0.1, -0.05) is 12.1 Å². The fourth-order valence-corrected chi connectivity index (χ4v) is 3.76. The third-order valence-electron chi connectivity index (χ3n) is 3.79. The molecule has 1 aromatic rings. The van der Waals surface area contributed by atoms with E-state index in [1.165, 1.54) is 5.57 Å². The molecule has 0 amide bonds. The lowest BCUT2D eigenvalue weighted by Crippen LogP contribution is -2.24. The number of rotatable bonds is 2. The van der Waals surface area contributed by atoms with E-state index in [-0.39, 0.29) is 11.8 Å². The summed E-state index contributed by atoms with van der Waals surface area (Å²) < 4.78 is 10.9. The molecular formula is C16H16N2O2S. The van der Waals surface area contributed by atoms with Gasteiger partial charge in [0.05, 0.1) is 7.11 Å². The molecule has 2 heterocycles. The van der Waals surface area contributed by atoms with Gasteiger partial charge < -0.3 is 15.2 Å². The fourth-order valence-electron chi connectivity index (χ4n) is 2.74. The van der Waals surface area contributed by atoms with Crippen LogP contribution in [0.4, 0.5) is 0 Å². The Kier molecular flexibility index (Phi) is 3.80. The second-order valence-electron chi connectivity index (χ2n) is 4.95. The van der Waals surface area contributed by atoms with E-state index < -0.39 is 0 Å². The Morgan fingerprint density at radius 3 is 2.81 bits per heavy atom. The predicted molar refractivity (Wildman–Crippen MR) is 82.6 cm³/mol. The SMILES string of the molecule is COc1ccc(C2C(C#N)=C(N)OC3=C2CSCC3)cc1. The zero-order valence-corrected chi connectivity index (χ0v) is 12.6. The van der Waals surface area contributed by atoms with Crippen LogP contribution in [0.15, 0.2) is 47.1 Å². The highest BCUT2D eigenvalue weighted by molar-refractivity contribution is 7.99. The van der Waals surface area contributed by atoms with Crippen LogP contribution in [-0.2, 0) is 4.74 Å². The molecule has 1 unspecified atom stereocenters. The third kappa shape index (κ3) is 2.47. The lowest BCUT2D eigenvalue weighted by Gasteiger charge is -2.31. The maximum Gasteiger partial charge on any atom is 0.205 e. The second-order valence-corrected chi connectivity index (χ2v) is 6.05. The lowest BCUT2D eigenvalue weighted by atomic mass is 9.83. The Morgan fingerprint density at radius 1 is 1.38 bits per heavy atom. The number of thioether (sulfide) groups is 1. The van der Waals surface area contributed by atoms with Crippen molar-refractivity contribution in [3.8, 4) is 11.8 Å². The van der Waals surface area contributed by atoms with Crippen LogP contribution < -0.4 is 10.5 Å². The number of benzene rings is 1. The van der Waals surface area contributed by atoms with E-state index in [0.717, 1.165) is 35.0 Å². The van der Waals surface area contributed by atoms with E-state index in [9.17, 15) is 5.26 Å². The summed E-state index contributed by atoms with van der Waals surface area (Å²) in [6.07, 6.45) is 0.867. The molecule has 2 aliphatic heterocycles. The van der Waals surface area contributed by atoms with Crippen molar-refractivity contribution in [3.05, 3.63) is 52.6 Å². The van der Waals surface area contributed by atoms with Gasteiger partial charge in [-0.15, -0.1) is 0 Å². The molecule has 108 valence electrons. The smallest absolute Gasteiger partial charge is 0.205 e. The highest BCUT2D eigenvalue weighted by atomic mass is 32.2. The number of hydrogen-bond donors (Lipinski definition) is 1. The van der Waals surface area contributed by atoms with Gasteiger partial charge in [0.1, 0.15) is 23.2 Å². The number of nitrogens with two attached hydrogens (primary N) is 1. The Balaban J connectivity index is 2.07.